The van der Waals surface area contributed by atoms with E-state index in [0.717, 1.165) is 41.5 Å². The molecule has 0 amide bonds. The molecule has 1 unspecified atom stereocenters. The van der Waals surface area contributed by atoms with Crippen molar-refractivity contribution >= 4 is 16.7 Å². The van der Waals surface area contributed by atoms with Crippen LogP contribution in [0.4, 0.5) is 5.69 Å². The molecule has 1 aromatic carbocycles. The van der Waals surface area contributed by atoms with Crippen molar-refractivity contribution in [1.29, 1.82) is 0 Å². The van der Waals surface area contributed by atoms with E-state index in [-0.39, 0.29) is 11.6 Å². The fourth-order valence-electron chi connectivity index (χ4n) is 4.50. The van der Waals surface area contributed by atoms with E-state index >= 15 is 0 Å². The molecule has 0 radical (unpaired) electrons. The van der Waals surface area contributed by atoms with E-state index in [4.69, 9.17) is 15.6 Å². The Morgan fingerprint density at radius 2 is 1.94 bits per heavy atom. The first-order valence-corrected chi connectivity index (χ1v) is 11.3. The molecule has 9 heteroatoms. The summed E-state index contributed by atoms with van der Waals surface area (Å²) in [6, 6.07) is 13.8. The average Bonchev–Trinajstić information content (AvgIpc) is 3.21. The third kappa shape index (κ3) is 3.60. The Bertz CT molecular complexity index is 1500. The first kappa shape index (κ1) is 20.5. The van der Waals surface area contributed by atoms with Gasteiger partial charge in [0.2, 0.25) is 0 Å². The first-order chi connectivity index (χ1) is 16.7. The molecule has 0 bridgehead atoms. The number of rotatable bonds is 4. The van der Waals surface area contributed by atoms with E-state index in [1.54, 1.807) is 28.0 Å². The Kier molecular flexibility index (Phi) is 5.03. The summed E-state index contributed by atoms with van der Waals surface area (Å²) in [4.78, 5) is 22.0. The van der Waals surface area contributed by atoms with E-state index < -0.39 is 0 Å². The highest BCUT2D eigenvalue weighted by molar-refractivity contribution is 5.89. The van der Waals surface area contributed by atoms with Gasteiger partial charge in [0.15, 0.2) is 11.3 Å². The second-order valence-electron chi connectivity index (χ2n) is 8.55. The highest BCUT2D eigenvalue weighted by atomic mass is 16.5. The number of nitrogen functional groups attached to an aromatic ring is 1. The lowest BCUT2D eigenvalue weighted by Gasteiger charge is -2.21. The predicted molar refractivity (Wildman–Crippen MR) is 128 cm³/mol. The van der Waals surface area contributed by atoms with Crippen LogP contribution < -0.4 is 11.3 Å². The minimum Gasteiger partial charge on any atom is -0.397 e. The maximum absolute atomic E-state index is 13.2. The number of benzene rings is 1. The SMILES string of the molecule is Nc1cncc(-c2ccc(Cn3nc4c(=O)n(C5CCCOC5)nc-4c4cccnc43)cc2)c1. The highest BCUT2D eigenvalue weighted by Gasteiger charge is 2.27. The molecule has 2 aromatic heterocycles. The van der Waals surface area contributed by atoms with Gasteiger partial charge in [0.25, 0.3) is 5.56 Å². The van der Waals surface area contributed by atoms with Crippen molar-refractivity contribution in [3.05, 3.63) is 77.0 Å². The fourth-order valence-corrected chi connectivity index (χ4v) is 4.50. The molecule has 1 saturated heterocycles. The second kappa shape index (κ2) is 8.35. The number of hydrogen-bond acceptors (Lipinski definition) is 7. The lowest BCUT2D eigenvalue weighted by atomic mass is 10.1. The summed E-state index contributed by atoms with van der Waals surface area (Å²) in [6.45, 7) is 1.69. The average molecular weight is 454 g/mol. The van der Waals surface area contributed by atoms with Crippen molar-refractivity contribution in [2.24, 2.45) is 0 Å². The largest absolute Gasteiger partial charge is 0.397 e. The summed E-state index contributed by atoms with van der Waals surface area (Å²) in [5, 5.41) is 10.2. The van der Waals surface area contributed by atoms with Crippen molar-refractivity contribution in [2.75, 3.05) is 18.9 Å². The third-order valence-electron chi connectivity index (χ3n) is 6.21. The van der Waals surface area contributed by atoms with Gasteiger partial charge < -0.3 is 10.5 Å². The van der Waals surface area contributed by atoms with E-state index in [1.165, 1.54) is 0 Å². The number of nitrogens with zero attached hydrogens (tertiary/aromatic N) is 6. The lowest BCUT2D eigenvalue weighted by Crippen LogP contribution is -2.29. The molecule has 0 spiro atoms. The van der Waals surface area contributed by atoms with Crippen LogP contribution in [0.2, 0.25) is 0 Å². The molecule has 0 saturated carbocycles. The standard InChI is InChI=1S/C25H23N7O2/c26-19-11-18(12-27-13-19)17-7-5-16(6-8-17)14-31-24-21(4-1-9-28-24)22-23(29-31)25(33)32(30-22)20-3-2-10-34-15-20/h1,4-9,11-13,20H,2-3,10,14-15,26H2. The smallest absolute Gasteiger partial charge is 0.297 e. The summed E-state index contributed by atoms with van der Waals surface area (Å²) >= 11 is 0. The van der Waals surface area contributed by atoms with Gasteiger partial charge in [0, 0.05) is 36.1 Å². The number of pyridine rings is 2. The molecular formula is C25H23N7O2. The van der Waals surface area contributed by atoms with Crippen LogP contribution in [0.25, 0.3) is 33.5 Å². The Balaban J connectivity index is 1.40. The third-order valence-corrected chi connectivity index (χ3v) is 6.21. The van der Waals surface area contributed by atoms with Crippen molar-refractivity contribution < 1.29 is 4.74 Å². The Morgan fingerprint density at radius 1 is 1.06 bits per heavy atom. The van der Waals surface area contributed by atoms with Crippen LogP contribution in [0.5, 0.6) is 0 Å². The Labute approximate surface area is 195 Å². The van der Waals surface area contributed by atoms with Crippen LogP contribution in [0.1, 0.15) is 24.4 Å². The molecule has 3 aliphatic heterocycles. The topological polar surface area (TPSA) is 114 Å². The summed E-state index contributed by atoms with van der Waals surface area (Å²) in [5.74, 6) is 0. The minimum absolute atomic E-state index is 0.0651. The molecule has 1 fully saturated rings. The quantitative estimate of drug-likeness (QED) is 0.445. The fraction of sp³-hybridized carbons (Fsp3) is 0.240. The van der Waals surface area contributed by atoms with Crippen LogP contribution in [-0.2, 0) is 11.3 Å². The van der Waals surface area contributed by atoms with E-state index in [2.05, 4.69) is 15.1 Å². The van der Waals surface area contributed by atoms with Crippen molar-refractivity contribution in [3.63, 3.8) is 0 Å². The molecule has 0 aliphatic carbocycles. The Hall–Kier alpha value is -4.11. The molecule has 34 heavy (non-hydrogen) atoms. The zero-order valence-electron chi connectivity index (χ0n) is 18.5. The number of nitrogens with two attached hydrogens (primary N) is 1. The van der Waals surface area contributed by atoms with Gasteiger partial charge in [0.05, 0.1) is 24.9 Å². The first-order valence-electron chi connectivity index (χ1n) is 11.3. The van der Waals surface area contributed by atoms with Gasteiger partial charge in [-0.1, -0.05) is 24.3 Å². The van der Waals surface area contributed by atoms with Gasteiger partial charge in [0.1, 0.15) is 5.69 Å². The summed E-state index contributed by atoms with van der Waals surface area (Å²) in [6.07, 6.45) is 6.93. The summed E-state index contributed by atoms with van der Waals surface area (Å²) in [5.41, 5.74) is 10.9. The number of anilines is 1. The van der Waals surface area contributed by atoms with Crippen LogP contribution in [0.3, 0.4) is 0 Å². The van der Waals surface area contributed by atoms with Crippen LogP contribution in [-0.4, -0.2) is 42.7 Å². The van der Waals surface area contributed by atoms with Gasteiger partial charge in [-0.05, 0) is 42.2 Å². The predicted octanol–water partition coefficient (Wildman–Crippen LogP) is 3.14. The molecule has 170 valence electrons. The number of aromatic nitrogens is 6. The molecule has 2 N–H and O–H groups in total. The highest BCUT2D eigenvalue weighted by Crippen LogP contribution is 2.27. The van der Waals surface area contributed by atoms with Crippen molar-refractivity contribution in [3.8, 4) is 22.5 Å². The number of fused-ring (bicyclic) bond motifs is 3. The maximum Gasteiger partial charge on any atom is 0.297 e. The second-order valence-corrected chi connectivity index (χ2v) is 8.55. The zero-order chi connectivity index (χ0) is 23.1. The minimum atomic E-state index is -0.186. The van der Waals surface area contributed by atoms with E-state index in [9.17, 15) is 4.79 Å². The zero-order valence-corrected chi connectivity index (χ0v) is 18.5. The molecule has 1 atom stereocenters. The van der Waals surface area contributed by atoms with Crippen molar-refractivity contribution in [1.82, 2.24) is 29.5 Å². The number of hydrogen-bond donors (Lipinski definition) is 1. The monoisotopic (exact) mass is 453 g/mol. The summed E-state index contributed by atoms with van der Waals surface area (Å²) in [7, 11) is 0. The molecule has 5 heterocycles. The molecular weight excluding hydrogens is 430 g/mol. The van der Waals surface area contributed by atoms with Crippen LogP contribution in [0, 0.1) is 0 Å². The van der Waals surface area contributed by atoms with Crippen LogP contribution >= 0.6 is 0 Å². The van der Waals surface area contributed by atoms with E-state index in [0.29, 0.717) is 35.9 Å². The number of ether oxygens (including phenoxy) is 1. The van der Waals surface area contributed by atoms with Gasteiger partial charge >= 0.3 is 0 Å². The molecule has 3 aromatic rings. The van der Waals surface area contributed by atoms with Crippen LogP contribution in [0.15, 0.2) is 65.8 Å². The van der Waals surface area contributed by atoms with Crippen molar-refractivity contribution in [2.45, 2.75) is 25.4 Å². The van der Waals surface area contributed by atoms with Gasteiger partial charge in [-0.3, -0.25) is 9.78 Å². The molecule has 9 nitrogen and oxygen atoms in total. The van der Waals surface area contributed by atoms with Gasteiger partial charge in [-0.15, -0.1) is 0 Å². The lowest BCUT2D eigenvalue weighted by molar-refractivity contribution is 0.0540. The maximum atomic E-state index is 13.2. The van der Waals surface area contributed by atoms with Gasteiger partial charge in [-0.2, -0.15) is 10.2 Å². The normalized spacial score (nSPS) is 16.3. The molecule has 6 rings (SSSR count). The molecule has 3 aliphatic rings. The van der Waals surface area contributed by atoms with E-state index in [1.807, 2.05) is 42.5 Å². The van der Waals surface area contributed by atoms with Gasteiger partial charge in [-0.25, -0.2) is 14.3 Å². The Morgan fingerprint density at radius 3 is 2.74 bits per heavy atom. The summed E-state index contributed by atoms with van der Waals surface area (Å²) < 4.78 is 8.90.